The molecule has 1 aromatic heterocycles. The highest BCUT2D eigenvalue weighted by atomic mass is 35.5. The lowest BCUT2D eigenvalue weighted by molar-refractivity contribution is 0.0526. The van der Waals surface area contributed by atoms with Crippen molar-refractivity contribution in [2.75, 3.05) is 17.2 Å². The summed E-state index contributed by atoms with van der Waals surface area (Å²) in [7, 11) is 0. The SMILES string of the molecule is CCOC(=O)c1c(NC(=S)Nc2cccc(Cl)c2Cl)sc2c1CCCC2. The number of carbonyl (C=O) groups is 1. The van der Waals surface area contributed by atoms with Gasteiger partial charge in [0.15, 0.2) is 5.11 Å². The number of hydrogen-bond acceptors (Lipinski definition) is 4. The third-order valence-corrected chi connectivity index (χ3v) is 6.31. The second-order valence-corrected chi connectivity index (χ2v) is 8.11. The van der Waals surface area contributed by atoms with Gasteiger partial charge >= 0.3 is 5.97 Å². The van der Waals surface area contributed by atoms with Crippen LogP contribution >= 0.6 is 46.8 Å². The number of halogens is 2. The van der Waals surface area contributed by atoms with E-state index in [1.807, 2.05) is 0 Å². The van der Waals surface area contributed by atoms with Crippen LogP contribution in [0.4, 0.5) is 10.7 Å². The van der Waals surface area contributed by atoms with Crippen LogP contribution in [0.3, 0.4) is 0 Å². The molecule has 2 N–H and O–H groups in total. The van der Waals surface area contributed by atoms with Gasteiger partial charge < -0.3 is 15.4 Å². The van der Waals surface area contributed by atoms with Gasteiger partial charge in [0, 0.05) is 4.88 Å². The first kappa shape index (κ1) is 19.4. The number of thiocarbonyl (C=S) groups is 1. The molecule has 138 valence electrons. The molecular formula is C18H18Cl2N2O2S2. The molecule has 0 radical (unpaired) electrons. The fourth-order valence-electron chi connectivity index (χ4n) is 2.93. The average Bonchev–Trinajstić information content (AvgIpc) is 2.97. The molecule has 3 rings (SSSR count). The Balaban J connectivity index is 1.84. The molecule has 0 bridgehead atoms. The molecule has 1 heterocycles. The zero-order chi connectivity index (χ0) is 18.7. The summed E-state index contributed by atoms with van der Waals surface area (Å²) in [5.74, 6) is -0.307. The van der Waals surface area contributed by atoms with Gasteiger partial charge in [-0.3, -0.25) is 0 Å². The topological polar surface area (TPSA) is 50.4 Å². The lowest BCUT2D eigenvalue weighted by Crippen LogP contribution is -2.20. The second-order valence-electron chi connectivity index (χ2n) is 5.82. The van der Waals surface area contributed by atoms with Crippen molar-refractivity contribution >= 4 is 68.5 Å². The third-order valence-electron chi connectivity index (χ3n) is 4.08. The van der Waals surface area contributed by atoms with Gasteiger partial charge in [0.2, 0.25) is 0 Å². The van der Waals surface area contributed by atoms with Crippen LogP contribution < -0.4 is 10.6 Å². The smallest absolute Gasteiger partial charge is 0.341 e. The standard InChI is InChI=1S/C18H18Cl2N2O2S2/c1-2-24-17(23)14-10-6-3-4-9-13(10)26-16(14)22-18(25)21-12-8-5-7-11(19)15(12)20/h5,7-8H,2-4,6,9H2,1H3,(H2,21,22,25). The number of nitrogens with one attached hydrogen (secondary N) is 2. The first-order chi connectivity index (χ1) is 12.5. The highest BCUT2D eigenvalue weighted by Gasteiger charge is 2.26. The maximum atomic E-state index is 12.5. The zero-order valence-electron chi connectivity index (χ0n) is 14.2. The molecule has 0 fully saturated rings. The highest BCUT2D eigenvalue weighted by Crippen LogP contribution is 2.39. The lowest BCUT2D eigenvalue weighted by atomic mass is 9.95. The van der Waals surface area contributed by atoms with E-state index in [1.165, 1.54) is 4.88 Å². The Kier molecular flexibility index (Phi) is 6.40. The van der Waals surface area contributed by atoms with E-state index in [1.54, 1.807) is 36.5 Å². The van der Waals surface area contributed by atoms with E-state index in [-0.39, 0.29) is 5.97 Å². The number of aryl methyl sites for hydroxylation is 1. The fraction of sp³-hybridized carbons (Fsp3) is 0.333. The zero-order valence-corrected chi connectivity index (χ0v) is 17.3. The molecule has 0 saturated heterocycles. The fourth-order valence-corrected chi connectivity index (χ4v) is 4.84. The predicted octanol–water partition coefficient (Wildman–Crippen LogP) is 5.92. The Morgan fingerprint density at radius 3 is 2.81 bits per heavy atom. The summed E-state index contributed by atoms with van der Waals surface area (Å²) in [5.41, 5.74) is 2.30. The van der Waals surface area contributed by atoms with Crippen LogP contribution in [0.2, 0.25) is 10.0 Å². The molecule has 0 atom stereocenters. The summed E-state index contributed by atoms with van der Waals surface area (Å²) < 4.78 is 5.25. The van der Waals surface area contributed by atoms with Crippen molar-refractivity contribution in [2.45, 2.75) is 32.6 Å². The summed E-state index contributed by atoms with van der Waals surface area (Å²) in [4.78, 5) is 13.7. The Bertz CT molecular complexity index is 852. The maximum Gasteiger partial charge on any atom is 0.341 e. The van der Waals surface area contributed by atoms with Crippen molar-refractivity contribution in [3.8, 4) is 0 Å². The molecule has 1 aliphatic carbocycles. The van der Waals surface area contributed by atoms with Gasteiger partial charge in [0.25, 0.3) is 0 Å². The van der Waals surface area contributed by atoms with Gasteiger partial charge in [-0.25, -0.2) is 4.79 Å². The van der Waals surface area contributed by atoms with Crippen molar-refractivity contribution in [3.05, 3.63) is 44.2 Å². The Morgan fingerprint density at radius 1 is 1.27 bits per heavy atom. The van der Waals surface area contributed by atoms with E-state index in [0.717, 1.165) is 31.2 Å². The quantitative estimate of drug-likeness (QED) is 0.467. The number of thiophene rings is 1. The van der Waals surface area contributed by atoms with E-state index >= 15 is 0 Å². The number of carbonyl (C=O) groups excluding carboxylic acids is 1. The molecule has 0 amide bonds. The summed E-state index contributed by atoms with van der Waals surface area (Å²) in [6, 6.07) is 5.28. The minimum absolute atomic E-state index is 0.307. The van der Waals surface area contributed by atoms with Crippen molar-refractivity contribution in [1.82, 2.24) is 0 Å². The minimum Gasteiger partial charge on any atom is -0.462 e. The molecule has 1 aromatic carbocycles. The summed E-state index contributed by atoms with van der Waals surface area (Å²) >= 11 is 19.2. The third kappa shape index (κ3) is 4.14. The van der Waals surface area contributed by atoms with Crippen molar-refractivity contribution in [1.29, 1.82) is 0 Å². The number of esters is 1. The number of hydrogen-bond donors (Lipinski definition) is 2. The van der Waals surface area contributed by atoms with Crippen LogP contribution in [0.25, 0.3) is 0 Å². The lowest BCUT2D eigenvalue weighted by Gasteiger charge is -2.13. The van der Waals surface area contributed by atoms with Gasteiger partial charge in [-0.05, 0) is 62.5 Å². The molecule has 2 aromatic rings. The normalized spacial score (nSPS) is 13.0. The molecule has 0 spiro atoms. The molecule has 4 nitrogen and oxygen atoms in total. The number of anilines is 2. The number of benzene rings is 1. The second kappa shape index (κ2) is 8.57. The number of rotatable bonds is 4. The van der Waals surface area contributed by atoms with Crippen LogP contribution in [0.1, 0.15) is 40.6 Å². The summed E-state index contributed by atoms with van der Waals surface area (Å²) in [5, 5.41) is 8.08. The molecule has 0 saturated carbocycles. The molecule has 8 heteroatoms. The number of fused-ring (bicyclic) bond motifs is 1. The molecule has 0 aliphatic heterocycles. The number of ether oxygens (including phenoxy) is 1. The van der Waals surface area contributed by atoms with Crippen LogP contribution in [0.15, 0.2) is 18.2 Å². The summed E-state index contributed by atoms with van der Waals surface area (Å²) in [6.45, 7) is 2.14. The summed E-state index contributed by atoms with van der Waals surface area (Å²) in [6.07, 6.45) is 4.09. The van der Waals surface area contributed by atoms with E-state index in [4.69, 9.17) is 40.2 Å². The average molecular weight is 429 g/mol. The molecule has 1 aliphatic rings. The van der Waals surface area contributed by atoms with Gasteiger partial charge in [0.05, 0.1) is 27.9 Å². The molecular weight excluding hydrogens is 411 g/mol. The Labute approximate surface area is 171 Å². The highest BCUT2D eigenvalue weighted by molar-refractivity contribution is 7.80. The molecule has 26 heavy (non-hydrogen) atoms. The van der Waals surface area contributed by atoms with E-state index in [9.17, 15) is 4.79 Å². The Morgan fingerprint density at radius 2 is 2.04 bits per heavy atom. The van der Waals surface area contributed by atoms with Gasteiger partial charge in [-0.2, -0.15) is 0 Å². The van der Waals surface area contributed by atoms with Gasteiger partial charge in [0.1, 0.15) is 5.00 Å². The maximum absolute atomic E-state index is 12.5. The van der Waals surface area contributed by atoms with Crippen LogP contribution in [0.5, 0.6) is 0 Å². The minimum atomic E-state index is -0.307. The first-order valence-corrected chi connectivity index (χ1v) is 10.3. The van der Waals surface area contributed by atoms with Gasteiger partial charge in [-0.15, -0.1) is 11.3 Å². The van der Waals surface area contributed by atoms with E-state index < -0.39 is 0 Å². The largest absolute Gasteiger partial charge is 0.462 e. The van der Waals surface area contributed by atoms with Crippen LogP contribution in [-0.2, 0) is 17.6 Å². The Hall–Kier alpha value is -1.34. The van der Waals surface area contributed by atoms with Crippen LogP contribution in [0, 0.1) is 0 Å². The van der Waals surface area contributed by atoms with Crippen molar-refractivity contribution in [3.63, 3.8) is 0 Å². The monoisotopic (exact) mass is 428 g/mol. The van der Waals surface area contributed by atoms with Crippen LogP contribution in [-0.4, -0.2) is 17.7 Å². The van der Waals surface area contributed by atoms with Crippen molar-refractivity contribution in [2.24, 2.45) is 0 Å². The van der Waals surface area contributed by atoms with Gasteiger partial charge in [-0.1, -0.05) is 29.3 Å². The van der Waals surface area contributed by atoms with E-state index in [0.29, 0.717) is 38.0 Å². The first-order valence-electron chi connectivity index (χ1n) is 8.35. The van der Waals surface area contributed by atoms with Crippen molar-refractivity contribution < 1.29 is 9.53 Å². The van der Waals surface area contributed by atoms with E-state index in [2.05, 4.69) is 10.6 Å². The molecule has 0 unspecified atom stereocenters. The predicted molar refractivity (Wildman–Crippen MR) is 113 cm³/mol.